The summed E-state index contributed by atoms with van der Waals surface area (Å²) in [6.07, 6.45) is -7.41. The Labute approximate surface area is 149 Å². The van der Waals surface area contributed by atoms with Crippen molar-refractivity contribution in [3.05, 3.63) is 35.4 Å². The molecule has 0 aliphatic rings. The van der Waals surface area contributed by atoms with E-state index in [9.17, 15) is 57.1 Å². The lowest BCUT2D eigenvalue weighted by Crippen LogP contribution is -2.69. The molecule has 0 unspecified atom stereocenters. The zero-order valence-corrected chi connectivity index (χ0v) is 13.8. The van der Waals surface area contributed by atoms with Crippen LogP contribution in [0.5, 0.6) is 0 Å². The lowest BCUT2D eigenvalue weighted by molar-refractivity contribution is -0.441. The maximum Gasteiger partial charge on any atom is 0.460 e. The van der Waals surface area contributed by atoms with Crippen molar-refractivity contribution in [1.82, 2.24) is 0 Å². The van der Waals surface area contributed by atoms with Gasteiger partial charge in [-0.3, -0.25) is 0 Å². The maximum atomic E-state index is 13.9. The molecule has 1 aromatic carbocycles. The average molecular weight is 438 g/mol. The number of rotatable bonds is 6. The van der Waals surface area contributed by atoms with E-state index < -0.39 is 41.4 Å². The highest BCUT2D eigenvalue weighted by Crippen LogP contribution is 2.62. The van der Waals surface area contributed by atoms with Crippen LogP contribution in [0.2, 0.25) is 0 Å². The summed E-state index contributed by atoms with van der Waals surface area (Å²) in [6.45, 7) is 3.05. The van der Waals surface area contributed by atoms with Gasteiger partial charge >= 0.3 is 35.8 Å². The van der Waals surface area contributed by atoms with Gasteiger partial charge in [0, 0.05) is 5.56 Å². The minimum atomic E-state index is -7.89. The fourth-order valence-corrected chi connectivity index (χ4v) is 2.03. The van der Waals surface area contributed by atoms with Gasteiger partial charge in [-0.1, -0.05) is 38.1 Å². The Morgan fingerprint density at radius 1 is 0.536 bits per heavy atom. The summed E-state index contributed by atoms with van der Waals surface area (Å²) in [5.41, 5.74) is -1.74. The van der Waals surface area contributed by atoms with Crippen molar-refractivity contribution in [1.29, 1.82) is 0 Å². The van der Waals surface area contributed by atoms with Crippen LogP contribution in [0.4, 0.5) is 57.1 Å². The molecule has 0 saturated heterocycles. The molecule has 0 nitrogen and oxygen atoms in total. The molecule has 0 radical (unpaired) electrons. The Kier molecular flexibility index (Phi) is 5.81. The van der Waals surface area contributed by atoms with E-state index in [1.54, 1.807) is 0 Å². The molecule has 0 aromatic heterocycles. The van der Waals surface area contributed by atoms with Gasteiger partial charge in [0.25, 0.3) is 0 Å². The molecule has 0 atom stereocenters. The largest absolute Gasteiger partial charge is 0.460 e. The summed E-state index contributed by atoms with van der Waals surface area (Å²) < 4.78 is 170. The van der Waals surface area contributed by atoms with E-state index in [-0.39, 0.29) is 23.6 Å². The van der Waals surface area contributed by atoms with Gasteiger partial charge in [0.15, 0.2) is 0 Å². The van der Waals surface area contributed by atoms with Crippen LogP contribution in [-0.4, -0.2) is 29.9 Å². The molecule has 0 saturated carbocycles. The first kappa shape index (κ1) is 24.3. The minimum Gasteiger partial charge on any atom is -0.194 e. The summed E-state index contributed by atoms with van der Waals surface area (Å²) in [4.78, 5) is 0. The number of halogens is 13. The number of benzene rings is 1. The van der Waals surface area contributed by atoms with Crippen molar-refractivity contribution in [2.75, 3.05) is 0 Å². The molecule has 1 rings (SSSR count). The van der Waals surface area contributed by atoms with Crippen molar-refractivity contribution < 1.29 is 57.1 Å². The normalized spacial score (nSPS) is 15.3. The molecular weight excluding hydrogens is 427 g/mol. The van der Waals surface area contributed by atoms with Gasteiger partial charge in [-0.05, 0) is 11.5 Å². The second-order valence-corrected chi connectivity index (χ2v) is 6.15. The Hall–Kier alpha value is -1.69. The van der Waals surface area contributed by atoms with Gasteiger partial charge in [-0.25, -0.2) is 0 Å². The van der Waals surface area contributed by atoms with Crippen molar-refractivity contribution in [2.45, 2.75) is 55.6 Å². The predicted octanol–water partition coefficient (Wildman–Crippen LogP) is 7.01. The van der Waals surface area contributed by atoms with Crippen LogP contribution < -0.4 is 0 Å². The Bertz CT molecular complexity index is 683. The Balaban J connectivity index is 3.52. The lowest BCUT2D eigenvalue weighted by atomic mass is 9.89. The van der Waals surface area contributed by atoms with Crippen LogP contribution in [0.25, 0.3) is 0 Å². The van der Waals surface area contributed by atoms with Gasteiger partial charge in [-0.2, -0.15) is 57.1 Å². The topological polar surface area (TPSA) is 0 Å². The second-order valence-electron chi connectivity index (χ2n) is 6.15. The van der Waals surface area contributed by atoms with Gasteiger partial charge in [0.2, 0.25) is 0 Å². The molecule has 13 heteroatoms. The Morgan fingerprint density at radius 2 is 0.893 bits per heavy atom. The van der Waals surface area contributed by atoms with E-state index in [0.29, 0.717) is 0 Å². The number of hydrogen-bond acceptors (Lipinski definition) is 0. The van der Waals surface area contributed by atoms with Crippen molar-refractivity contribution in [3.8, 4) is 0 Å². The molecule has 28 heavy (non-hydrogen) atoms. The molecule has 1 aromatic rings. The van der Waals surface area contributed by atoms with Crippen LogP contribution in [0.1, 0.15) is 30.9 Å². The molecule has 0 amide bonds. The average Bonchev–Trinajstić information content (AvgIpc) is 2.53. The molecule has 0 fully saturated rings. The molecule has 0 spiro atoms. The summed E-state index contributed by atoms with van der Waals surface area (Å²) in [5.74, 6) is -37.2. The second kappa shape index (κ2) is 6.68. The summed E-state index contributed by atoms with van der Waals surface area (Å²) >= 11 is 0. The van der Waals surface area contributed by atoms with E-state index >= 15 is 0 Å². The van der Waals surface area contributed by atoms with Crippen molar-refractivity contribution >= 4 is 0 Å². The summed E-state index contributed by atoms with van der Waals surface area (Å²) in [6, 6.07) is 1.81. The van der Waals surface area contributed by atoms with Gasteiger partial charge in [0.1, 0.15) is 0 Å². The molecule has 0 aliphatic carbocycles. The third-order valence-electron chi connectivity index (χ3n) is 3.87. The van der Waals surface area contributed by atoms with Crippen molar-refractivity contribution in [3.63, 3.8) is 0 Å². The first-order valence-corrected chi connectivity index (χ1v) is 7.22. The number of hydrogen-bond donors (Lipinski definition) is 0. The van der Waals surface area contributed by atoms with Crippen LogP contribution in [0, 0.1) is 0 Å². The highest BCUT2D eigenvalue weighted by Gasteiger charge is 2.90. The van der Waals surface area contributed by atoms with Crippen LogP contribution in [0.15, 0.2) is 24.3 Å². The molecular formula is C15H11F13. The summed E-state index contributed by atoms with van der Waals surface area (Å²) in [7, 11) is 0. The molecule has 0 N–H and O–H groups in total. The molecule has 0 heterocycles. The summed E-state index contributed by atoms with van der Waals surface area (Å²) in [5, 5.41) is 0. The molecule has 162 valence electrons. The SMILES string of the molecule is CC(C)c1ccc(C(F)(F)C(F)(F)C(F)(F)C(F)(F)C(F)(F)C(F)(F)F)cc1. The Morgan fingerprint density at radius 3 is 1.21 bits per heavy atom. The minimum absolute atomic E-state index is 0.152. The predicted molar refractivity (Wildman–Crippen MR) is 70.3 cm³/mol. The monoisotopic (exact) mass is 438 g/mol. The zero-order chi connectivity index (χ0) is 22.6. The van der Waals surface area contributed by atoms with Crippen molar-refractivity contribution in [2.24, 2.45) is 0 Å². The maximum absolute atomic E-state index is 13.9. The van der Waals surface area contributed by atoms with Crippen LogP contribution >= 0.6 is 0 Å². The smallest absolute Gasteiger partial charge is 0.194 e. The zero-order valence-electron chi connectivity index (χ0n) is 13.8. The van der Waals surface area contributed by atoms with Crippen LogP contribution in [0.3, 0.4) is 0 Å². The van der Waals surface area contributed by atoms with Gasteiger partial charge in [-0.15, -0.1) is 0 Å². The van der Waals surface area contributed by atoms with E-state index in [1.165, 1.54) is 13.8 Å². The lowest BCUT2D eigenvalue weighted by Gasteiger charge is -2.39. The molecule has 0 bridgehead atoms. The first-order valence-electron chi connectivity index (χ1n) is 7.22. The standard InChI is InChI=1S/C15H11F13/c1-7(2)8-3-5-9(6-4-8)10(16,17)11(18,19)12(20,21)13(22,23)14(24,25)15(26,27)28/h3-7H,1-2H3. The van der Waals surface area contributed by atoms with E-state index in [4.69, 9.17) is 0 Å². The van der Waals surface area contributed by atoms with Gasteiger partial charge < -0.3 is 0 Å². The third kappa shape index (κ3) is 3.30. The highest BCUT2D eigenvalue weighted by atomic mass is 19.4. The highest BCUT2D eigenvalue weighted by molar-refractivity contribution is 5.30. The van der Waals surface area contributed by atoms with E-state index in [1.807, 2.05) is 0 Å². The molecule has 0 aliphatic heterocycles. The van der Waals surface area contributed by atoms with E-state index in [0.717, 1.165) is 12.1 Å². The fourth-order valence-electron chi connectivity index (χ4n) is 2.03. The van der Waals surface area contributed by atoms with E-state index in [2.05, 4.69) is 0 Å². The number of alkyl halides is 13. The van der Waals surface area contributed by atoms with Crippen LogP contribution in [-0.2, 0) is 5.92 Å². The van der Waals surface area contributed by atoms with Gasteiger partial charge in [0.05, 0.1) is 0 Å². The fraction of sp³-hybridized carbons (Fsp3) is 0.600. The third-order valence-corrected chi connectivity index (χ3v) is 3.87. The first-order chi connectivity index (χ1) is 12.2. The quantitative estimate of drug-likeness (QED) is 0.420.